The first kappa shape index (κ1) is 27.1. The molecular formula is C23H43IN6O2. The van der Waals surface area contributed by atoms with E-state index in [9.17, 15) is 9.59 Å². The summed E-state index contributed by atoms with van der Waals surface area (Å²) in [7, 11) is 3.50. The van der Waals surface area contributed by atoms with E-state index in [1.807, 2.05) is 4.90 Å². The van der Waals surface area contributed by atoms with E-state index in [0.29, 0.717) is 17.9 Å². The molecule has 3 fully saturated rings. The molecule has 8 nitrogen and oxygen atoms in total. The lowest BCUT2D eigenvalue weighted by molar-refractivity contribution is -0.135. The van der Waals surface area contributed by atoms with Crippen LogP contribution >= 0.6 is 24.0 Å². The summed E-state index contributed by atoms with van der Waals surface area (Å²) in [6.45, 7) is 6.91. The summed E-state index contributed by atoms with van der Waals surface area (Å²) in [5, 5.41) is 6.99. The molecule has 0 radical (unpaired) electrons. The summed E-state index contributed by atoms with van der Waals surface area (Å²) in [4.78, 5) is 35.6. The van der Waals surface area contributed by atoms with E-state index in [4.69, 9.17) is 0 Å². The van der Waals surface area contributed by atoms with Gasteiger partial charge in [-0.3, -0.25) is 14.5 Å². The zero-order valence-electron chi connectivity index (χ0n) is 20.1. The molecule has 184 valence electrons. The number of guanidine groups is 1. The molecule has 2 unspecified atom stereocenters. The van der Waals surface area contributed by atoms with E-state index in [0.717, 1.165) is 52.0 Å². The third-order valence-corrected chi connectivity index (χ3v) is 7.08. The molecule has 0 aromatic heterocycles. The Bertz CT molecular complexity index is 638. The predicted octanol–water partition coefficient (Wildman–Crippen LogP) is 1.89. The van der Waals surface area contributed by atoms with Gasteiger partial charge in [-0.1, -0.05) is 26.2 Å². The topological polar surface area (TPSA) is 80.3 Å². The van der Waals surface area contributed by atoms with Crippen LogP contribution in [-0.4, -0.2) is 97.9 Å². The summed E-state index contributed by atoms with van der Waals surface area (Å²) in [6, 6.07) is 0.689. The number of rotatable bonds is 7. The first-order valence-electron chi connectivity index (χ1n) is 12.3. The lowest BCUT2D eigenvalue weighted by Crippen LogP contribution is -2.49. The van der Waals surface area contributed by atoms with Crippen molar-refractivity contribution in [3.63, 3.8) is 0 Å². The second-order valence-electron chi connectivity index (χ2n) is 9.51. The number of carbonyl (C=O) groups excluding carboxylic acids is 2. The number of likely N-dealkylation sites (N-methyl/N-ethyl adjacent to an activating group) is 2. The highest BCUT2D eigenvalue weighted by molar-refractivity contribution is 14.0. The number of hydrogen-bond donors (Lipinski definition) is 2. The van der Waals surface area contributed by atoms with Crippen molar-refractivity contribution < 1.29 is 9.59 Å². The highest BCUT2D eigenvalue weighted by Crippen LogP contribution is 2.26. The molecule has 2 amide bonds. The molecule has 0 aromatic rings. The van der Waals surface area contributed by atoms with Crippen molar-refractivity contribution in [1.82, 2.24) is 25.3 Å². The molecule has 3 aliphatic rings. The molecule has 1 aliphatic carbocycles. The number of amides is 2. The number of likely N-dealkylation sites (tertiary alicyclic amines) is 2. The molecule has 2 aliphatic heterocycles. The van der Waals surface area contributed by atoms with Crippen molar-refractivity contribution in [3.05, 3.63) is 0 Å². The molecule has 0 spiro atoms. The zero-order chi connectivity index (χ0) is 22.2. The van der Waals surface area contributed by atoms with Crippen molar-refractivity contribution >= 4 is 41.8 Å². The normalized spacial score (nSPS) is 24.8. The zero-order valence-corrected chi connectivity index (χ0v) is 22.5. The number of nitrogens with one attached hydrogen (secondary N) is 2. The van der Waals surface area contributed by atoms with Crippen molar-refractivity contribution in [2.45, 2.75) is 70.4 Å². The highest BCUT2D eigenvalue weighted by Gasteiger charge is 2.32. The van der Waals surface area contributed by atoms with Crippen molar-refractivity contribution in [3.8, 4) is 0 Å². The summed E-state index contributed by atoms with van der Waals surface area (Å²) in [5.41, 5.74) is 0. The van der Waals surface area contributed by atoms with Crippen LogP contribution in [0.4, 0.5) is 0 Å². The smallest absolute Gasteiger partial charge is 0.243 e. The van der Waals surface area contributed by atoms with Crippen LogP contribution in [0, 0.1) is 5.92 Å². The summed E-state index contributed by atoms with van der Waals surface area (Å²) >= 11 is 0. The average molecular weight is 563 g/mol. The van der Waals surface area contributed by atoms with Gasteiger partial charge in [0.05, 0.1) is 0 Å². The molecule has 9 heteroatoms. The van der Waals surface area contributed by atoms with Crippen LogP contribution in [-0.2, 0) is 9.59 Å². The third kappa shape index (κ3) is 7.74. The SMILES string of the molecule is CCN1CCCC1CNC(=NCC(=O)N(C)C)NC1CCN(C(=O)C2CCCCC2)C1.I. The Morgan fingerprint density at radius 3 is 2.47 bits per heavy atom. The van der Waals surface area contributed by atoms with E-state index in [1.54, 1.807) is 19.0 Å². The fraction of sp³-hybridized carbons (Fsp3) is 0.870. The first-order valence-corrected chi connectivity index (χ1v) is 12.3. The van der Waals surface area contributed by atoms with Crippen molar-refractivity contribution in [2.24, 2.45) is 10.9 Å². The minimum Gasteiger partial charge on any atom is -0.355 e. The molecule has 0 bridgehead atoms. The Hall–Kier alpha value is -1.10. The van der Waals surface area contributed by atoms with Gasteiger partial charge in [0.1, 0.15) is 6.54 Å². The second kappa shape index (κ2) is 13.6. The van der Waals surface area contributed by atoms with Crippen LogP contribution < -0.4 is 10.6 Å². The van der Waals surface area contributed by atoms with E-state index in [1.165, 1.54) is 32.1 Å². The molecule has 3 rings (SSSR count). The van der Waals surface area contributed by atoms with Gasteiger partial charge in [-0.25, -0.2) is 4.99 Å². The summed E-state index contributed by atoms with van der Waals surface area (Å²) < 4.78 is 0. The number of hydrogen-bond acceptors (Lipinski definition) is 4. The van der Waals surface area contributed by atoms with Crippen LogP contribution in [0.2, 0.25) is 0 Å². The minimum atomic E-state index is -0.0160. The Kier molecular flexibility index (Phi) is 11.5. The molecule has 1 saturated carbocycles. The van der Waals surface area contributed by atoms with Gasteiger partial charge in [-0.05, 0) is 45.2 Å². The third-order valence-electron chi connectivity index (χ3n) is 7.08. The quantitative estimate of drug-likeness (QED) is 0.282. The molecule has 32 heavy (non-hydrogen) atoms. The highest BCUT2D eigenvalue weighted by atomic mass is 127. The van der Waals surface area contributed by atoms with Crippen LogP contribution in [0.15, 0.2) is 4.99 Å². The Morgan fingerprint density at radius 2 is 1.78 bits per heavy atom. The van der Waals surface area contributed by atoms with Gasteiger partial charge < -0.3 is 20.4 Å². The Labute approximate surface area is 210 Å². The fourth-order valence-corrected chi connectivity index (χ4v) is 5.08. The lowest BCUT2D eigenvalue weighted by Gasteiger charge is -2.27. The Morgan fingerprint density at radius 1 is 1.03 bits per heavy atom. The molecule has 2 heterocycles. The average Bonchev–Trinajstić information content (AvgIpc) is 3.44. The number of carbonyl (C=O) groups is 2. The van der Waals surface area contributed by atoms with Gasteiger partial charge in [0.15, 0.2) is 5.96 Å². The molecular weight excluding hydrogens is 519 g/mol. The lowest BCUT2D eigenvalue weighted by atomic mass is 9.88. The number of halogens is 1. The molecule has 0 aromatic carbocycles. The Balaban J connectivity index is 0.00000363. The second-order valence-corrected chi connectivity index (χ2v) is 9.51. The molecule has 2 N–H and O–H groups in total. The van der Waals surface area contributed by atoms with Crippen LogP contribution in [0.3, 0.4) is 0 Å². The summed E-state index contributed by atoms with van der Waals surface area (Å²) in [5.74, 6) is 1.23. The maximum absolute atomic E-state index is 12.9. The molecule has 2 saturated heterocycles. The van der Waals surface area contributed by atoms with Crippen LogP contribution in [0.1, 0.15) is 58.3 Å². The summed E-state index contributed by atoms with van der Waals surface area (Å²) in [6.07, 6.45) is 9.07. The standard InChI is InChI=1S/C23H42N6O2.HI/c1-4-28-13-8-11-20(28)15-24-23(25-16-21(30)27(2)3)26-19-12-14-29(17-19)22(31)18-9-6-5-7-10-18;/h18-20H,4-17H2,1-3H3,(H2,24,25,26);1H. The predicted molar refractivity (Wildman–Crippen MR) is 139 cm³/mol. The number of aliphatic imine (C=N–C) groups is 1. The fourth-order valence-electron chi connectivity index (χ4n) is 5.08. The molecule has 2 atom stereocenters. The van der Waals surface area contributed by atoms with Gasteiger partial charge >= 0.3 is 0 Å². The van der Waals surface area contributed by atoms with Gasteiger partial charge in [0.25, 0.3) is 0 Å². The van der Waals surface area contributed by atoms with Gasteiger partial charge in [-0.15, -0.1) is 24.0 Å². The first-order chi connectivity index (χ1) is 15.0. The number of nitrogens with zero attached hydrogens (tertiary/aromatic N) is 4. The van der Waals surface area contributed by atoms with Gasteiger partial charge in [-0.2, -0.15) is 0 Å². The van der Waals surface area contributed by atoms with Crippen LogP contribution in [0.25, 0.3) is 0 Å². The van der Waals surface area contributed by atoms with Gasteiger partial charge in [0.2, 0.25) is 11.8 Å². The van der Waals surface area contributed by atoms with E-state index in [-0.39, 0.29) is 48.4 Å². The minimum absolute atomic E-state index is 0. The van der Waals surface area contributed by atoms with E-state index in [2.05, 4.69) is 27.4 Å². The van der Waals surface area contributed by atoms with Gasteiger partial charge in [0, 0.05) is 51.7 Å². The monoisotopic (exact) mass is 562 g/mol. The largest absolute Gasteiger partial charge is 0.355 e. The van der Waals surface area contributed by atoms with E-state index < -0.39 is 0 Å². The maximum atomic E-state index is 12.9. The maximum Gasteiger partial charge on any atom is 0.243 e. The van der Waals surface area contributed by atoms with Crippen molar-refractivity contribution in [1.29, 1.82) is 0 Å². The van der Waals surface area contributed by atoms with E-state index >= 15 is 0 Å². The van der Waals surface area contributed by atoms with Crippen LogP contribution in [0.5, 0.6) is 0 Å². The van der Waals surface area contributed by atoms with Crippen molar-refractivity contribution in [2.75, 3.05) is 53.4 Å².